The molecule has 3 nitrogen and oxygen atoms in total. The van der Waals surface area contributed by atoms with Crippen molar-refractivity contribution in [3.05, 3.63) is 71.9 Å². The lowest BCUT2D eigenvalue weighted by molar-refractivity contribution is 0.101. The molecule has 3 heteroatoms. The zero-order chi connectivity index (χ0) is 16.1. The van der Waals surface area contributed by atoms with Gasteiger partial charge in [-0.15, -0.1) is 0 Å². The first kappa shape index (κ1) is 16.0. The van der Waals surface area contributed by atoms with Crippen LogP contribution in [0, 0.1) is 0 Å². The number of nitrogens with zero attached hydrogens (tertiary/aromatic N) is 1. The lowest BCUT2D eigenvalue weighted by atomic mass is 10.0. The Morgan fingerprint density at radius 1 is 1.14 bits per heavy atom. The highest BCUT2D eigenvalue weighted by atomic mass is 16.1. The monoisotopic (exact) mass is 294 g/mol. The van der Waals surface area contributed by atoms with E-state index in [1.54, 1.807) is 6.92 Å². The summed E-state index contributed by atoms with van der Waals surface area (Å²) in [5.41, 5.74) is 10.7. The van der Waals surface area contributed by atoms with E-state index in [1.165, 1.54) is 5.56 Å². The highest BCUT2D eigenvalue weighted by molar-refractivity contribution is 5.94. The molecule has 0 aromatic heterocycles. The molecule has 0 unspecified atom stereocenters. The summed E-state index contributed by atoms with van der Waals surface area (Å²) >= 11 is 0. The van der Waals surface area contributed by atoms with Crippen molar-refractivity contribution < 1.29 is 4.79 Å². The fourth-order valence-electron chi connectivity index (χ4n) is 2.29. The van der Waals surface area contributed by atoms with Gasteiger partial charge in [-0.25, -0.2) is 0 Å². The topological polar surface area (TPSA) is 46.3 Å². The van der Waals surface area contributed by atoms with Crippen molar-refractivity contribution in [3.63, 3.8) is 0 Å². The first-order valence-electron chi connectivity index (χ1n) is 7.30. The summed E-state index contributed by atoms with van der Waals surface area (Å²) in [6, 6.07) is 16.1. The minimum atomic E-state index is 0.0854. The minimum absolute atomic E-state index is 0.0854. The van der Waals surface area contributed by atoms with Crippen molar-refractivity contribution in [2.45, 2.75) is 13.5 Å². The molecule has 2 rings (SSSR count). The number of carbonyl (C=O) groups is 1. The average molecular weight is 294 g/mol. The predicted octanol–water partition coefficient (Wildman–Crippen LogP) is 3.46. The summed E-state index contributed by atoms with van der Waals surface area (Å²) in [6.07, 6.45) is 0. The molecule has 114 valence electrons. The second-order valence-electron chi connectivity index (χ2n) is 5.46. The van der Waals surface area contributed by atoms with Crippen LogP contribution in [0.5, 0.6) is 0 Å². The van der Waals surface area contributed by atoms with Gasteiger partial charge in [-0.05, 0) is 29.7 Å². The smallest absolute Gasteiger partial charge is 0.159 e. The van der Waals surface area contributed by atoms with E-state index in [0.717, 1.165) is 28.9 Å². The Morgan fingerprint density at radius 2 is 1.82 bits per heavy atom. The van der Waals surface area contributed by atoms with Crippen LogP contribution >= 0.6 is 0 Å². The number of nitrogens with two attached hydrogens (primary N) is 1. The van der Waals surface area contributed by atoms with Gasteiger partial charge in [0.15, 0.2) is 5.78 Å². The highest BCUT2D eigenvalue weighted by Gasteiger charge is 2.05. The molecule has 2 N–H and O–H groups in total. The Labute approximate surface area is 132 Å². The highest BCUT2D eigenvalue weighted by Crippen LogP contribution is 2.22. The Bertz CT molecular complexity index is 674. The number of ketones is 1. The Kier molecular flexibility index (Phi) is 5.12. The molecular weight excluding hydrogens is 272 g/mol. The summed E-state index contributed by atoms with van der Waals surface area (Å²) in [5, 5.41) is 0. The molecule has 0 aliphatic carbocycles. The van der Waals surface area contributed by atoms with Crippen molar-refractivity contribution in [2.75, 3.05) is 13.6 Å². The zero-order valence-corrected chi connectivity index (χ0v) is 13.2. The molecule has 0 bridgehead atoms. The maximum absolute atomic E-state index is 11.3. The first-order valence-corrected chi connectivity index (χ1v) is 7.30. The fraction of sp³-hybridized carbons (Fsp3) is 0.211. The van der Waals surface area contributed by atoms with Crippen molar-refractivity contribution >= 4 is 5.78 Å². The number of benzene rings is 2. The van der Waals surface area contributed by atoms with E-state index in [0.29, 0.717) is 6.54 Å². The molecule has 2 aromatic rings. The van der Waals surface area contributed by atoms with Crippen LogP contribution in [0.3, 0.4) is 0 Å². The third kappa shape index (κ3) is 3.83. The van der Waals surface area contributed by atoms with Gasteiger partial charge in [0.1, 0.15) is 0 Å². The molecule has 0 spiro atoms. The summed E-state index contributed by atoms with van der Waals surface area (Å²) in [5.74, 6) is 0.0854. The van der Waals surface area contributed by atoms with E-state index in [-0.39, 0.29) is 5.78 Å². The standard InChI is InChI=1S/C19H22N2O/c1-14(12-20)21(3)13-16-5-4-6-19(11-16)18-9-7-17(8-10-18)15(2)22/h4-11H,1,12-13,20H2,2-3H3. The Morgan fingerprint density at radius 3 is 2.41 bits per heavy atom. The molecular formula is C19H22N2O. The number of carbonyl (C=O) groups excluding carboxylic acids is 1. The molecule has 0 radical (unpaired) electrons. The van der Waals surface area contributed by atoms with Crippen LogP contribution in [-0.4, -0.2) is 24.3 Å². The molecule has 0 saturated heterocycles. The van der Waals surface area contributed by atoms with Crippen molar-refractivity contribution in [1.29, 1.82) is 0 Å². The van der Waals surface area contributed by atoms with Gasteiger partial charge in [0, 0.05) is 31.4 Å². The van der Waals surface area contributed by atoms with Gasteiger partial charge in [-0.2, -0.15) is 0 Å². The summed E-state index contributed by atoms with van der Waals surface area (Å²) in [7, 11) is 1.99. The molecule has 0 fully saturated rings. The summed E-state index contributed by atoms with van der Waals surface area (Å²) in [4.78, 5) is 13.4. The van der Waals surface area contributed by atoms with Crippen LogP contribution in [0.4, 0.5) is 0 Å². The average Bonchev–Trinajstić information content (AvgIpc) is 2.54. The second-order valence-corrected chi connectivity index (χ2v) is 5.46. The number of Topliss-reactive ketones (excluding diaryl/α,β-unsaturated/α-hetero) is 1. The van der Waals surface area contributed by atoms with Gasteiger partial charge in [-0.1, -0.05) is 49.0 Å². The Balaban J connectivity index is 2.20. The van der Waals surface area contributed by atoms with Crippen molar-refractivity contribution in [2.24, 2.45) is 5.73 Å². The van der Waals surface area contributed by atoms with Gasteiger partial charge in [0.05, 0.1) is 0 Å². The molecule has 0 atom stereocenters. The van der Waals surface area contributed by atoms with E-state index < -0.39 is 0 Å². The summed E-state index contributed by atoms with van der Waals surface area (Å²) < 4.78 is 0. The third-order valence-corrected chi connectivity index (χ3v) is 3.75. The number of hydrogen-bond acceptors (Lipinski definition) is 3. The zero-order valence-electron chi connectivity index (χ0n) is 13.2. The molecule has 0 saturated carbocycles. The van der Waals surface area contributed by atoms with Gasteiger partial charge < -0.3 is 10.6 Å². The lowest BCUT2D eigenvalue weighted by Crippen LogP contribution is -2.22. The molecule has 0 aliphatic rings. The normalized spacial score (nSPS) is 10.3. The van der Waals surface area contributed by atoms with E-state index in [9.17, 15) is 4.79 Å². The van der Waals surface area contributed by atoms with E-state index in [1.807, 2.05) is 37.4 Å². The first-order chi connectivity index (χ1) is 10.5. The minimum Gasteiger partial charge on any atom is -0.373 e. The van der Waals surface area contributed by atoms with E-state index >= 15 is 0 Å². The maximum atomic E-state index is 11.3. The van der Waals surface area contributed by atoms with E-state index in [2.05, 4.69) is 29.7 Å². The van der Waals surface area contributed by atoms with Crippen LogP contribution in [0.15, 0.2) is 60.8 Å². The van der Waals surface area contributed by atoms with Gasteiger partial charge in [0.25, 0.3) is 0 Å². The van der Waals surface area contributed by atoms with Gasteiger partial charge >= 0.3 is 0 Å². The predicted molar refractivity (Wildman–Crippen MR) is 91.5 cm³/mol. The van der Waals surface area contributed by atoms with Crippen LogP contribution in [-0.2, 0) is 6.54 Å². The fourth-order valence-corrected chi connectivity index (χ4v) is 2.29. The largest absolute Gasteiger partial charge is 0.373 e. The molecule has 0 heterocycles. The maximum Gasteiger partial charge on any atom is 0.159 e. The number of hydrogen-bond donors (Lipinski definition) is 1. The second kappa shape index (κ2) is 7.05. The molecule has 0 amide bonds. The Hall–Kier alpha value is -2.39. The third-order valence-electron chi connectivity index (χ3n) is 3.75. The van der Waals surface area contributed by atoms with Crippen LogP contribution in [0.1, 0.15) is 22.8 Å². The van der Waals surface area contributed by atoms with Crippen molar-refractivity contribution in [3.8, 4) is 11.1 Å². The molecule has 2 aromatic carbocycles. The van der Waals surface area contributed by atoms with Crippen LogP contribution < -0.4 is 5.73 Å². The van der Waals surface area contributed by atoms with Crippen LogP contribution in [0.2, 0.25) is 0 Å². The van der Waals surface area contributed by atoms with Crippen LogP contribution in [0.25, 0.3) is 11.1 Å². The SMILES string of the molecule is C=C(CN)N(C)Cc1cccc(-c2ccc(C(C)=O)cc2)c1. The molecule has 22 heavy (non-hydrogen) atoms. The quantitative estimate of drug-likeness (QED) is 0.830. The number of rotatable bonds is 6. The van der Waals surface area contributed by atoms with E-state index in [4.69, 9.17) is 5.73 Å². The molecule has 0 aliphatic heterocycles. The van der Waals surface area contributed by atoms with Gasteiger partial charge in [-0.3, -0.25) is 4.79 Å². The number of likely N-dealkylation sites (N-methyl/N-ethyl adjacent to an activating group) is 1. The van der Waals surface area contributed by atoms with Crippen molar-refractivity contribution in [1.82, 2.24) is 4.90 Å². The lowest BCUT2D eigenvalue weighted by Gasteiger charge is -2.21. The van der Waals surface area contributed by atoms with Gasteiger partial charge in [0.2, 0.25) is 0 Å². The summed E-state index contributed by atoms with van der Waals surface area (Å²) in [6.45, 7) is 6.76.